The van der Waals surface area contributed by atoms with E-state index in [1.165, 1.54) is 11.1 Å². The zero-order valence-corrected chi connectivity index (χ0v) is 18.0. The molecular weight excluding hydrogens is 386 g/mol. The monoisotopic (exact) mass is 415 g/mol. The van der Waals surface area contributed by atoms with E-state index < -0.39 is 10.0 Å². The van der Waals surface area contributed by atoms with Gasteiger partial charge < -0.3 is 0 Å². The molecule has 0 saturated heterocycles. The van der Waals surface area contributed by atoms with Crippen LogP contribution < -0.4 is 10.3 Å². The maximum Gasteiger partial charge on any atom is 0.269 e. The van der Waals surface area contributed by atoms with Crippen LogP contribution in [-0.4, -0.2) is 24.2 Å². The zero-order valence-electron chi connectivity index (χ0n) is 17.2. The van der Waals surface area contributed by atoms with Gasteiger partial charge in [0.2, 0.25) is 10.0 Å². The van der Waals surface area contributed by atoms with Crippen LogP contribution in [0, 0.1) is 6.92 Å². The Hall–Kier alpha value is -1.99. The summed E-state index contributed by atoms with van der Waals surface area (Å²) in [6.45, 7) is 1.82. The molecular formula is C22H29N3O3S. The second kappa shape index (κ2) is 8.03. The third-order valence-corrected chi connectivity index (χ3v) is 7.90. The third-order valence-electron chi connectivity index (χ3n) is 6.23. The van der Waals surface area contributed by atoms with E-state index in [-0.39, 0.29) is 11.6 Å². The van der Waals surface area contributed by atoms with Gasteiger partial charge in [0.05, 0.1) is 10.6 Å². The predicted octanol–water partition coefficient (Wildman–Crippen LogP) is 3.25. The van der Waals surface area contributed by atoms with E-state index in [0.29, 0.717) is 4.90 Å². The van der Waals surface area contributed by atoms with Gasteiger partial charge in [-0.3, -0.25) is 4.79 Å². The summed E-state index contributed by atoms with van der Waals surface area (Å²) in [6.07, 6.45) is 8.71. The van der Waals surface area contributed by atoms with Gasteiger partial charge in [-0.1, -0.05) is 31.4 Å². The highest BCUT2D eigenvalue weighted by molar-refractivity contribution is 7.89. The van der Waals surface area contributed by atoms with Gasteiger partial charge in [0.25, 0.3) is 5.56 Å². The molecule has 1 aromatic heterocycles. The van der Waals surface area contributed by atoms with Crippen molar-refractivity contribution in [2.45, 2.75) is 75.6 Å². The Morgan fingerprint density at radius 1 is 1.03 bits per heavy atom. The SMILES string of the molecule is Cc1ccc(-c2nn(C)c(=O)c3c2CCCC3)cc1S(=O)(=O)NC1CCCCC1. The van der Waals surface area contributed by atoms with Crippen LogP contribution in [0.3, 0.4) is 0 Å². The second-order valence-electron chi connectivity index (χ2n) is 8.38. The average molecular weight is 416 g/mol. The number of aryl methyl sites for hydroxylation is 2. The number of sulfonamides is 1. The van der Waals surface area contributed by atoms with Gasteiger partial charge in [0.15, 0.2) is 0 Å². The Balaban J connectivity index is 1.76. The summed E-state index contributed by atoms with van der Waals surface area (Å²) in [6, 6.07) is 5.49. The van der Waals surface area contributed by atoms with Crippen LogP contribution >= 0.6 is 0 Å². The van der Waals surface area contributed by atoms with Crippen molar-refractivity contribution in [3.05, 3.63) is 45.2 Å². The molecule has 0 radical (unpaired) electrons. The molecule has 1 aromatic carbocycles. The summed E-state index contributed by atoms with van der Waals surface area (Å²) in [5, 5.41) is 4.51. The molecule has 156 valence electrons. The summed E-state index contributed by atoms with van der Waals surface area (Å²) < 4.78 is 30.5. The fourth-order valence-corrected chi connectivity index (χ4v) is 6.20. The maximum atomic E-state index is 13.1. The number of fused-ring (bicyclic) bond motifs is 1. The molecule has 0 atom stereocenters. The molecule has 2 aromatic rings. The minimum atomic E-state index is -3.61. The molecule has 0 bridgehead atoms. The molecule has 7 heteroatoms. The summed E-state index contributed by atoms with van der Waals surface area (Å²) in [7, 11) is -1.94. The molecule has 4 rings (SSSR count). The molecule has 0 amide bonds. The van der Waals surface area contributed by atoms with E-state index in [4.69, 9.17) is 0 Å². The van der Waals surface area contributed by atoms with Crippen molar-refractivity contribution in [1.29, 1.82) is 0 Å². The highest BCUT2D eigenvalue weighted by atomic mass is 32.2. The molecule has 2 aliphatic carbocycles. The molecule has 29 heavy (non-hydrogen) atoms. The van der Waals surface area contributed by atoms with Crippen molar-refractivity contribution in [1.82, 2.24) is 14.5 Å². The first-order valence-electron chi connectivity index (χ1n) is 10.6. The lowest BCUT2D eigenvalue weighted by Gasteiger charge is -2.23. The van der Waals surface area contributed by atoms with Crippen LogP contribution in [0.1, 0.15) is 61.6 Å². The third kappa shape index (κ3) is 4.03. The number of rotatable bonds is 4. The summed E-state index contributed by atoms with van der Waals surface area (Å²) in [4.78, 5) is 12.8. The molecule has 6 nitrogen and oxygen atoms in total. The van der Waals surface area contributed by atoms with E-state index in [1.54, 1.807) is 13.1 Å². The zero-order chi connectivity index (χ0) is 20.6. The van der Waals surface area contributed by atoms with Crippen molar-refractivity contribution < 1.29 is 8.42 Å². The minimum Gasteiger partial charge on any atom is -0.268 e. The standard InChI is InChI=1S/C22H29N3O3S/c1-15-12-13-16(14-20(15)29(27,28)24-17-8-4-3-5-9-17)21-18-10-6-7-11-19(18)22(26)25(2)23-21/h12-14,17,24H,3-11H2,1-2H3. The van der Waals surface area contributed by atoms with Crippen molar-refractivity contribution in [3.8, 4) is 11.3 Å². The smallest absolute Gasteiger partial charge is 0.268 e. The first-order chi connectivity index (χ1) is 13.9. The summed E-state index contributed by atoms with van der Waals surface area (Å²) in [5.41, 5.74) is 3.98. The maximum absolute atomic E-state index is 13.1. The minimum absolute atomic E-state index is 0.0141. The van der Waals surface area contributed by atoms with E-state index in [0.717, 1.165) is 79.3 Å². The number of benzene rings is 1. The largest absolute Gasteiger partial charge is 0.269 e. The van der Waals surface area contributed by atoms with Crippen molar-refractivity contribution in [2.75, 3.05) is 0 Å². The lowest BCUT2D eigenvalue weighted by atomic mass is 9.89. The Morgan fingerprint density at radius 3 is 2.45 bits per heavy atom. The lowest BCUT2D eigenvalue weighted by molar-refractivity contribution is 0.412. The quantitative estimate of drug-likeness (QED) is 0.831. The van der Waals surface area contributed by atoms with Crippen LogP contribution in [0.4, 0.5) is 0 Å². The molecule has 1 heterocycles. The second-order valence-corrected chi connectivity index (χ2v) is 10.1. The van der Waals surface area contributed by atoms with Gasteiger partial charge in [-0.15, -0.1) is 0 Å². The molecule has 1 fully saturated rings. The molecule has 0 aliphatic heterocycles. The van der Waals surface area contributed by atoms with E-state index in [1.807, 2.05) is 19.1 Å². The van der Waals surface area contributed by atoms with Crippen molar-refractivity contribution in [3.63, 3.8) is 0 Å². The topological polar surface area (TPSA) is 81.1 Å². The molecule has 2 aliphatic rings. The first-order valence-corrected chi connectivity index (χ1v) is 12.1. The van der Waals surface area contributed by atoms with Crippen LogP contribution in [0.15, 0.2) is 27.9 Å². The van der Waals surface area contributed by atoms with Crippen LogP contribution in [-0.2, 0) is 29.9 Å². The highest BCUT2D eigenvalue weighted by Crippen LogP contribution is 2.31. The Kier molecular flexibility index (Phi) is 5.62. The number of hydrogen-bond acceptors (Lipinski definition) is 4. The molecule has 1 saturated carbocycles. The predicted molar refractivity (Wildman–Crippen MR) is 113 cm³/mol. The fraction of sp³-hybridized carbons (Fsp3) is 0.545. The molecule has 1 N–H and O–H groups in total. The number of nitrogens with zero attached hydrogens (tertiary/aromatic N) is 2. The lowest BCUT2D eigenvalue weighted by Crippen LogP contribution is -2.36. The van der Waals surface area contributed by atoms with Gasteiger partial charge >= 0.3 is 0 Å². The number of aromatic nitrogens is 2. The Morgan fingerprint density at radius 2 is 1.72 bits per heavy atom. The van der Waals surface area contributed by atoms with Crippen molar-refractivity contribution in [2.24, 2.45) is 7.05 Å². The van der Waals surface area contributed by atoms with E-state index in [9.17, 15) is 13.2 Å². The Labute approximate surface area is 172 Å². The van der Waals surface area contributed by atoms with Crippen LogP contribution in [0.2, 0.25) is 0 Å². The highest BCUT2D eigenvalue weighted by Gasteiger charge is 2.25. The first kappa shape index (κ1) is 20.3. The fourth-order valence-electron chi connectivity index (χ4n) is 4.63. The van der Waals surface area contributed by atoms with Gasteiger partial charge in [-0.25, -0.2) is 17.8 Å². The van der Waals surface area contributed by atoms with Crippen molar-refractivity contribution >= 4 is 10.0 Å². The van der Waals surface area contributed by atoms with Gasteiger partial charge in [-0.2, -0.15) is 5.10 Å². The normalized spacial score (nSPS) is 17.9. The van der Waals surface area contributed by atoms with E-state index >= 15 is 0 Å². The number of nitrogens with one attached hydrogen (secondary N) is 1. The Bertz CT molecular complexity index is 1080. The van der Waals surface area contributed by atoms with Gasteiger partial charge in [0.1, 0.15) is 0 Å². The van der Waals surface area contributed by atoms with Gasteiger partial charge in [0, 0.05) is 24.2 Å². The molecule has 0 spiro atoms. The van der Waals surface area contributed by atoms with Crippen LogP contribution in [0.5, 0.6) is 0 Å². The summed E-state index contributed by atoms with van der Waals surface area (Å²) >= 11 is 0. The average Bonchev–Trinajstić information content (AvgIpc) is 2.71. The van der Waals surface area contributed by atoms with Crippen LogP contribution in [0.25, 0.3) is 11.3 Å². The van der Waals surface area contributed by atoms with E-state index in [2.05, 4.69) is 9.82 Å². The number of hydrogen-bond donors (Lipinski definition) is 1. The van der Waals surface area contributed by atoms with Gasteiger partial charge in [-0.05, 0) is 62.6 Å². The summed E-state index contributed by atoms with van der Waals surface area (Å²) in [5.74, 6) is 0. The molecule has 0 unspecified atom stereocenters.